The fourth-order valence-corrected chi connectivity index (χ4v) is 5.74. The van der Waals surface area contributed by atoms with Crippen LogP contribution in [0.2, 0.25) is 13.1 Å². The number of rotatable bonds is 1. The maximum Gasteiger partial charge on any atom is -1.00 e. The first kappa shape index (κ1) is 20.6. The summed E-state index contributed by atoms with van der Waals surface area (Å²) in [5, 5.41) is 4.23. The van der Waals surface area contributed by atoms with Gasteiger partial charge in [0.15, 0.2) is 0 Å². The van der Waals surface area contributed by atoms with Crippen LogP contribution < -0.4 is 30.0 Å². The summed E-state index contributed by atoms with van der Waals surface area (Å²) >= 11 is 2.30. The number of allylic oxidation sites excluding steroid dienone is 4. The first-order valence-electron chi connectivity index (χ1n) is 8.12. The summed E-state index contributed by atoms with van der Waals surface area (Å²) in [5.41, 5.74) is 6.01. The van der Waals surface area contributed by atoms with Crippen molar-refractivity contribution >= 4 is 17.9 Å². The zero-order valence-corrected chi connectivity index (χ0v) is 18.7. The molecular weight excluding hydrogens is 399 g/mol. The molecule has 0 radical (unpaired) electrons. The Labute approximate surface area is 174 Å². The standard InChI is InChI=1S/C21H19Si.2ClH.Ti/c1-14-7-6-10-16(14)21-19-13-15-8-4-5-9-17(15)18(19)11-12-20(21)22(2)3;;;/h4-9,11-12H,10H2,1-3H3;2*1H;/q;;;+2/p-2. The molecule has 2 aliphatic rings. The molecule has 0 aromatic heterocycles. The van der Waals surface area contributed by atoms with Gasteiger partial charge < -0.3 is 24.8 Å². The summed E-state index contributed by atoms with van der Waals surface area (Å²) in [6.45, 7) is 7.08. The molecule has 0 saturated carbocycles. The van der Waals surface area contributed by atoms with E-state index in [9.17, 15) is 0 Å². The van der Waals surface area contributed by atoms with Crippen LogP contribution in [0.25, 0.3) is 9.45 Å². The molecule has 2 aliphatic carbocycles. The van der Waals surface area contributed by atoms with E-state index in [0.717, 1.165) is 6.42 Å². The van der Waals surface area contributed by atoms with Crippen LogP contribution in [-0.2, 0) is 20.4 Å². The van der Waals surface area contributed by atoms with Gasteiger partial charge in [-0.05, 0) is 0 Å². The monoisotopic (exact) mass is 417 g/mol. The van der Waals surface area contributed by atoms with Gasteiger partial charge in [0.25, 0.3) is 0 Å². The first-order valence-corrected chi connectivity index (χ1v) is 11.4. The predicted molar refractivity (Wildman–Crippen MR) is 95.4 cm³/mol. The van der Waals surface area contributed by atoms with Crippen molar-refractivity contribution in [3.8, 4) is 0 Å². The van der Waals surface area contributed by atoms with Crippen LogP contribution >= 0.6 is 0 Å². The summed E-state index contributed by atoms with van der Waals surface area (Å²) in [6.07, 6.45) is 5.67. The van der Waals surface area contributed by atoms with Crippen LogP contribution in [-0.4, -0.2) is 8.41 Å². The molecular formula is C21H19Cl2SiTi. The van der Waals surface area contributed by atoms with Gasteiger partial charge in [0.05, 0.1) is 0 Å². The van der Waals surface area contributed by atoms with E-state index in [1.54, 1.807) is 4.81 Å². The van der Waals surface area contributed by atoms with Gasteiger partial charge in [0.1, 0.15) is 0 Å². The van der Waals surface area contributed by atoms with E-state index < -0.39 is 8.41 Å². The zero-order chi connectivity index (χ0) is 16.1. The van der Waals surface area contributed by atoms with Crippen molar-refractivity contribution in [2.24, 2.45) is 0 Å². The van der Waals surface area contributed by atoms with Crippen molar-refractivity contribution in [1.82, 2.24) is 0 Å². The minimum absolute atomic E-state index is 0. The predicted octanol–water partition coefficient (Wildman–Crippen LogP) is -1.68. The van der Waals surface area contributed by atoms with Gasteiger partial charge in [-0.15, -0.1) is 0 Å². The van der Waals surface area contributed by atoms with Crippen LogP contribution in [0.4, 0.5) is 0 Å². The molecule has 0 fully saturated rings. The Hall–Kier alpha value is -0.699. The van der Waals surface area contributed by atoms with Crippen LogP contribution in [0.15, 0.2) is 54.1 Å². The molecule has 0 spiro atoms. The summed E-state index contributed by atoms with van der Waals surface area (Å²) in [6, 6.07) is 13.6. The molecule has 2 aromatic rings. The van der Waals surface area contributed by atoms with Crippen molar-refractivity contribution in [2.75, 3.05) is 0 Å². The minimum Gasteiger partial charge on any atom is -1.00 e. The molecule has 0 nitrogen and oxygen atoms in total. The van der Waals surface area contributed by atoms with Gasteiger partial charge in [-0.3, -0.25) is 0 Å². The van der Waals surface area contributed by atoms with Crippen molar-refractivity contribution in [1.29, 1.82) is 0 Å². The van der Waals surface area contributed by atoms with E-state index in [4.69, 9.17) is 0 Å². The van der Waals surface area contributed by atoms with E-state index in [1.807, 2.05) is 0 Å². The topological polar surface area (TPSA) is 0 Å². The molecule has 2 aromatic carbocycles. The number of benzene rings is 2. The SMILES string of the molecule is CC1=C(c2c3c(ccc2=[Si](C)C)=c2ccccc2=[C]3[Ti+2])CC=C1.[Cl-].[Cl-]. The molecule has 0 aliphatic heterocycles. The average molecular weight is 418 g/mol. The van der Waals surface area contributed by atoms with Gasteiger partial charge in [-0.2, -0.15) is 0 Å². The third kappa shape index (κ3) is 3.22. The fourth-order valence-electron chi connectivity index (χ4n) is 3.80. The Morgan fingerprint density at radius 2 is 1.56 bits per heavy atom. The molecule has 0 amide bonds. The quantitative estimate of drug-likeness (QED) is 0.486. The molecule has 4 heteroatoms. The van der Waals surface area contributed by atoms with Crippen LogP contribution in [0.1, 0.15) is 24.5 Å². The van der Waals surface area contributed by atoms with E-state index in [-0.39, 0.29) is 24.8 Å². The Morgan fingerprint density at radius 3 is 2.16 bits per heavy atom. The van der Waals surface area contributed by atoms with E-state index in [1.165, 1.54) is 41.8 Å². The normalized spacial score (nSPS) is 14.0. The first-order chi connectivity index (χ1) is 11.1. The van der Waals surface area contributed by atoms with Gasteiger partial charge in [-0.1, -0.05) is 0 Å². The Bertz CT molecular complexity index is 1120. The molecule has 25 heavy (non-hydrogen) atoms. The number of hydrogen-bond donors (Lipinski definition) is 0. The Balaban J connectivity index is 0.00000113. The number of hydrogen-bond acceptors (Lipinski definition) is 0. The van der Waals surface area contributed by atoms with Gasteiger partial charge in [0.2, 0.25) is 0 Å². The van der Waals surface area contributed by atoms with E-state index in [2.05, 4.69) is 89.0 Å². The molecule has 0 N–H and O–H groups in total. The van der Waals surface area contributed by atoms with Gasteiger partial charge >= 0.3 is 150 Å². The molecule has 0 atom stereocenters. The maximum atomic E-state index is 2.41. The van der Waals surface area contributed by atoms with Crippen LogP contribution in [0.3, 0.4) is 0 Å². The second kappa shape index (κ2) is 7.90. The Morgan fingerprint density at radius 1 is 0.880 bits per heavy atom. The summed E-state index contributed by atoms with van der Waals surface area (Å²) in [4.78, 5) is 1.58. The van der Waals surface area contributed by atoms with E-state index >= 15 is 0 Å². The fraction of sp³-hybridized carbons (Fsp3) is 0.190. The number of fused-ring (bicyclic) bond motifs is 2. The molecule has 0 unspecified atom stereocenters. The van der Waals surface area contributed by atoms with Crippen molar-refractivity contribution in [2.45, 2.75) is 26.4 Å². The average Bonchev–Trinajstić information content (AvgIpc) is 3.09. The van der Waals surface area contributed by atoms with Gasteiger partial charge in [-0.25, -0.2) is 0 Å². The molecule has 0 heterocycles. The second-order valence-electron chi connectivity index (χ2n) is 6.60. The Kier molecular flexibility index (Phi) is 6.51. The van der Waals surface area contributed by atoms with Crippen molar-refractivity contribution < 1.29 is 45.2 Å². The zero-order valence-electron chi connectivity index (χ0n) is 14.6. The molecule has 4 rings (SSSR count). The molecule has 125 valence electrons. The van der Waals surface area contributed by atoms with E-state index in [0.29, 0.717) is 0 Å². The molecule has 0 bridgehead atoms. The smallest absolute Gasteiger partial charge is 1.00 e. The van der Waals surface area contributed by atoms with Crippen LogP contribution in [0.5, 0.6) is 0 Å². The van der Waals surface area contributed by atoms with Crippen molar-refractivity contribution in [3.05, 3.63) is 85.7 Å². The van der Waals surface area contributed by atoms with Gasteiger partial charge in [0, 0.05) is 0 Å². The third-order valence-electron chi connectivity index (χ3n) is 4.95. The largest absolute Gasteiger partial charge is 1.00 e. The second-order valence-corrected chi connectivity index (χ2v) is 9.92. The summed E-state index contributed by atoms with van der Waals surface area (Å²) < 4.78 is 1.45. The minimum atomic E-state index is -0.507. The van der Waals surface area contributed by atoms with Crippen molar-refractivity contribution in [3.63, 3.8) is 0 Å². The maximum absolute atomic E-state index is 2.41. The van der Waals surface area contributed by atoms with Crippen LogP contribution in [0, 0.1) is 15.3 Å². The third-order valence-corrected chi connectivity index (χ3v) is 7.25. The number of halogens is 2. The summed E-state index contributed by atoms with van der Waals surface area (Å²) in [7, 11) is -0.507. The summed E-state index contributed by atoms with van der Waals surface area (Å²) in [5.74, 6) is 0. The molecule has 0 saturated heterocycles.